The van der Waals surface area contributed by atoms with Gasteiger partial charge in [0.1, 0.15) is 11.1 Å². The third kappa shape index (κ3) is 1.07. The Balaban J connectivity index is 2.17. The predicted octanol–water partition coefficient (Wildman–Crippen LogP) is -0.176. The predicted molar refractivity (Wildman–Crippen MR) is 49.1 cm³/mol. The molecule has 1 saturated heterocycles. The molecule has 1 amide bonds. The van der Waals surface area contributed by atoms with Crippen LogP contribution < -0.4 is 0 Å². The van der Waals surface area contributed by atoms with Crippen LogP contribution in [0.3, 0.4) is 0 Å². The van der Waals surface area contributed by atoms with Crippen LogP contribution in [0.5, 0.6) is 0 Å². The fourth-order valence-electron chi connectivity index (χ4n) is 1.68. The maximum absolute atomic E-state index is 11.4. The zero-order valence-electron chi connectivity index (χ0n) is 7.38. The van der Waals surface area contributed by atoms with Crippen LogP contribution in [0.4, 0.5) is 0 Å². The second kappa shape index (κ2) is 2.99. The molecule has 5 nitrogen and oxygen atoms in total. The van der Waals surface area contributed by atoms with Gasteiger partial charge in [-0.3, -0.25) is 9.69 Å². The maximum Gasteiger partial charge on any atom is 0.353 e. The molecule has 0 aromatic carbocycles. The molecule has 0 saturated carbocycles. The second-order valence-corrected chi connectivity index (χ2v) is 4.30. The molecule has 0 aromatic heterocycles. The normalized spacial score (nSPS) is 32.0. The molecule has 2 aliphatic rings. The van der Waals surface area contributed by atoms with E-state index in [1.807, 2.05) is 0 Å². The van der Waals surface area contributed by atoms with E-state index in [0.717, 1.165) is 0 Å². The molecular formula is C8H9NO4S. The van der Waals surface area contributed by atoms with Crippen molar-refractivity contribution < 1.29 is 19.8 Å². The Labute approximate surface area is 84.4 Å². The van der Waals surface area contributed by atoms with Gasteiger partial charge in [0.2, 0.25) is 5.91 Å². The van der Waals surface area contributed by atoms with Crippen molar-refractivity contribution in [2.24, 2.45) is 5.92 Å². The van der Waals surface area contributed by atoms with E-state index in [2.05, 4.69) is 0 Å². The van der Waals surface area contributed by atoms with Crippen LogP contribution in [0.15, 0.2) is 11.1 Å². The van der Waals surface area contributed by atoms with Crippen molar-refractivity contribution in [1.29, 1.82) is 0 Å². The average Bonchev–Trinajstić information content (AvgIpc) is 2.42. The molecule has 2 aliphatic heterocycles. The first kappa shape index (κ1) is 9.54. The molecule has 2 heterocycles. The molecule has 0 bridgehead atoms. The van der Waals surface area contributed by atoms with Gasteiger partial charge < -0.3 is 10.2 Å². The first-order valence-corrected chi connectivity index (χ1v) is 5.08. The minimum Gasteiger partial charge on any atom is -0.477 e. The van der Waals surface area contributed by atoms with Gasteiger partial charge in [0, 0.05) is 5.41 Å². The lowest BCUT2D eigenvalue weighted by Crippen LogP contribution is -2.60. The van der Waals surface area contributed by atoms with Crippen molar-refractivity contribution in [3.8, 4) is 0 Å². The molecule has 14 heavy (non-hydrogen) atoms. The molecule has 0 aliphatic carbocycles. The molecule has 0 unspecified atom stereocenters. The van der Waals surface area contributed by atoms with Crippen LogP contribution in [-0.2, 0) is 9.59 Å². The zero-order chi connectivity index (χ0) is 10.5. The molecule has 0 aromatic rings. The number of fused-ring (bicyclic) bond motifs is 1. The number of carboxylic acid groups (broad SMARTS) is 1. The third-order valence-electron chi connectivity index (χ3n) is 2.40. The van der Waals surface area contributed by atoms with Crippen LogP contribution in [-0.4, -0.2) is 38.5 Å². The number of aliphatic hydroxyl groups excluding tert-OH is 1. The Morgan fingerprint density at radius 1 is 1.71 bits per heavy atom. The first-order chi connectivity index (χ1) is 6.54. The standard InChI is InChI=1S/C8H9NO4S/c1-3(10)5-6(11)9-4(8(12)13)2-14-7(5)9/h2-3,5,7,10H,1H3,(H,12,13)/t3-,5+,7-/m1/s1. The maximum atomic E-state index is 11.4. The number of aliphatic hydroxyl groups is 1. The summed E-state index contributed by atoms with van der Waals surface area (Å²) < 4.78 is 0. The van der Waals surface area contributed by atoms with E-state index < -0.39 is 18.0 Å². The van der Waals surface area contributed by atoms with Crippen molar-refractivity contribution in [1.82, 2.24) is 4.90 Å². The van der Waals surface area contributed by atoms with Gasteiger partial charge in [-0.15, -0.1) is 11.8 Å². The number of aliphatic carboxylic acids is 1. The van der Waals surface area contributed by atoms with Gasteiger partial charge in [0.05, 0.1) is 12.0 Å². The lowest BCUT2D eigenvalue weighted by atomic mass is 9.92. The summed E-state index contributed by atoms with van der Waals surface area (Å²) in [6.45, 7) is 1.54. The highest BCUT2D eigenvalue weighted by Gasteiger charge is 2.55. The molecular weight excluding hydrogens is 206 g/mol. The molecule has 3 atom stereocenters. The second-order valence-electron chi connectivity index (χ2n) is 3.31. The lowest BCUT2D eigenvalue weighted by Gasteiger charge is -2.43. The number of amides is 1. The number of rotatable bonds is 2. The summed E-state index contributed by atoms with van der Waals surface area (Å²) in [6, 6.07) is 0. The number of nitrogens with zero attached hydrogens (tertiary/aromatic N) is 1. The van der Waals surface area contributed by atoms with Crippen molar-refractivity contribution in [2.45, 2.75) is 18.4 Å². The summed E-state index contributed by atoms with van der Waals surface area (Å²) in [4.78, 5) is 23.4. The van der Waals surface area contributed by atoms with Crippen LogP contribution >= 0.6 is 11.8 Å². The minimum atomic E-state index is -1.10. The summed E-state index contributed by atoms with van der Waals surface area (Å²) in [5.74, 6) is -1.87. The van der Waals surface area contributed by atoms with E-state index in [1.165, 1.54) is 22.1 Å². The molecule has 2 rings (SSSR count). The molecule has 2 N–H and O–H groups in total. The fraction of sp³-hybridized carbons (Fsp3) is 0.500. The third-order valence-corrected chi connectivity index (χ3v) is 3.54. The molecule has 0 radical (unpaired) electrons. The van der Waals surface area contributed by atoms with E-state index in [4.69, 9.17) is 5.11 Å². The van der Waals surface area contributed by atoms with Gasteiger partial charge in [-0.05, 0) is 6.92 Å². The van der Waals surface area contributed by atoms with Crippen LogP contribution in [0.25, 0.3) is 0 Å². The molecule has 6 heteroatoms. The smallest absolute Gasteiger partial charge is 0.353 e. The van der Waals surface area contributed by atoms with Crippen LogP contribution in [0.1, 0.15) is 6.92 Å². The Morgan fingerprint density at radius 3 is 2.86 bits per heavy atom. The minimum absolute atomic E-state index is 0.0156. The number of carbonyl (C=O) groups is 2. The summed E-state index contributed by atoms with van der Waals surface area (Å²) in [6.07, 6.45) is -0.724. The Bertz CT molecular complexity index is 338. The molecule has 1 fully saturated rings. The van der Waals surface area contributed by atoms with Gasteiger partial charge >= 0.3 is 5.97 Å². The van der Waals surface area contributed by atoms with Gasteiger partial charge in [0.15, 0.2) is 0 Å². The summed E-state index contributed by atoms with van der Waals surface area (Å²) in [5, 5.41) is 19.2. The zero-order valence-corrected chi connectivity index (χ0v) is 8.19. The van der Waals surface area contributed by atoms with Gasteiger partial charge in [-0.1, -0.05) is 0 Å². The summed E-state index contributed by atoms with van der Waals surface area (Å²) in [7, 11) is 0. The number of β-lactam (4-membered cyclic amide) rings is 1. The lowest BCUT2D eigenvalue weighted by molar-refractivity contribution is -0.156. The quantitative estimate of drug-likeness (QED) is 0.625. The van der Waals surface area contributed by atoms with Crippen molar-refractivity contribution >= 4 is 23.6 Å². The fourth-order valence-corrected chi connectivity index (χ4v) is 3.01. The van der Waals surface area contributed by atoms with E-state index in [-0.39, 0.29) is 17.0 Å². The van der Waals surface area contributed by atoms with Crippen molar-refractivity contribution in [3.05, 3.63) is 11.1 Å². The number of thioether (sulfide) groups is 1. The highest BCUT2D eigenvalue weighted by molar-refractivity contribution is 8.03. The number of hydrogen-bond donors (Lipinski definition) is 2. The first-order valence-electron chi connectivity index (χ1n) is 4.14. The Hall–Kier alpha value is -1.01. The largest absolute Gasteiger partial charge is 0.477 e. The van der Waals surface area contributed by atoms with Crippen LogP contribution in [0.2, 0.25) is 0 Å². The highest BCUT2D eigenvalue weighted by Crippen LogP contribution is 2.45. The molecule has 0 spiro atoms. The summed E-state index contributed by atoms with van der Waals surface area (Å²) >= 11 is 1.27. The van der Waals surface area contributed by atoms with E-state index in [0.29, 0.717) is 0 Å². The SMILES string of the molecule is C[C@@H](O)[C@H]1C(=O)N2C(C(=O)O)=CS[C@H]12. The highest BCUT2D eigenvalue weighted by atomic mass is 32.2. The number of carbonyl (C=O) groups excluding carboxylic acids is 1. The van der Waals surface area contributed by atoms with E-state index >= 15 is 0 Å². The number of carboxylic acids is 1. The van der Waals surface area contributed by atoms with E-state index in [1.54, 1.807) is 6.92 Å². The Kier molecular flexibility index (Phi) is 2.04. The Morgan fingerprint density at radius 2 is 2.36 bits per heavy atom. The van der Waals surface area contributed by atoms with Crippen LogP contribution in [0, 0.1) is 5.92 Å². The van der Waals surface area contributed by atoms with E-state index in [9.17, 15) is 14.7 Å². The monoisotopic (exact) mass is 215 g/mol. The molecule has 76 valence electrons. The summed E-state index contributed by atoms with van der Waals surface area (Å²) in [5.41, 5.74) is 0.0156. The average molecular weight is 215 g/mol. The van der Waals surface area contributed by atoms with Gasteiger partial charge in [-0.2, -0.15) is 0 Å². The van der Waals surface area contributed by atoms with Crippen molar-refractivity contribution in [3.63, 3.8) is 0 Å². The number of hydrogen-bond acceptors (Lipinski definition) is 4. The van der Waals surface area contributed by atoms with Gasteiger partial charge in [0.25, 0.3) is 0 Å². The topological polar surface area (TPSA) is 77.8 Å². The van der Waals surface area contributed by atoms with Gasteiger partial charge in [-0.25, -0.2) is 4.79 Å². The van der Waals surface area contributed by atoms with Crippen molar-refractivity contribution in [2.75, 3.05) is 0 Å².